The fraction of sp³-hybridized carbons (Fsp3) is 0.692. The van der Waals surface area contributed by atoms with Crippen molar-refractivity contribution in [2.75, 3.05) is 18.1 Å². The van der Waals surface area contributed by atoms with Crippen LogP contribution in [0, 0.1) is 11.8 Å². The number of rotatable bonds is 3. The van der Waals surface area contributed by atoms with Crippen molar-refractivity contribution >= 4 is 28.2 Å². The van der Waals surface area contributed by atoms with Gasteiger partial charge in [-0.1, -0.05) is 25.2 Å². The van der Waals surface area contributed by atoms with Gasteiger partial charge in [-0.05, 0) is 31.1 Å². The zero-order chi connectivity index (χ0) is 14.0. The normalized spacial score (nSPS) is 27.0. The van der Waals surface area contributed by atoms with Crippen LogP contribution in [0.3, 0.4) is 0 Å². The van der Waals surface area contributed by atoms with E-state index in [1.807, 2.05) is 0 Å². The molecule has 2 atom stereocenters. The highest BCUT2D eigenvalue weighted by molar-refractivity contribution is 7.18. The Hall–Kier alpha value is -1.30. The minimum Gasteiger partial charge on any atom is -0.382 e. The Morgan fingerprint density at radius 1 is 1.32 bits per heavy atom. The van der Waals surface area contributed by atoms with Crippen LogP contribution in [0.1, 0.15) is 42.8 Å². The van der Waals surface area contributed by atoms with E-state index in [0.717, 1.165) is 12.8 Å². The first-order chi connectivity index (χ1) is 8.99. The Bertz CT molecular complexity index is 449. The average molecular weight is 282 g/mol. The lowest BCUT2D eigenvalue weighted by molar-refractivity contribution is 0.0916. The molecule has 0 spiro atoms. The van der Waals surface area contributed by atoms with Gasteiger partial charge in [-0.2, -0.15) is 0 Å². The molecule has 2 unspecified atom stereocenters. The molecule has 5 nitrogen and oxygen atoms in total. The average Bonchev–Trinajstić information content (AvgIpc) is 2.69. The summed E-state index contributed by atoms with van der Waals surface area (Å²) in [5.41, 5.74) is 5.78. The van der Waals surface area contributed by atoms with Crippen LogP contribution in [0.25, 0.3) is 0 Å². The van der Waals surface area contributed by atoms with Gasteiger partial charge in [-0.15, -0.1) is 0 Å². The Balaban J connectivity index is 2.02. The number of aromatic nitrogens is 1. The molecule has 1 heterocycles. The molecule has 1 fully saturated rings. The molecule has 0 radical (unpaired) electrons. The molecule has 1 aliphatic rings. The SMILES string of the molecule is CNc1nc(N)c(C(=O)NC2CC(C)CC(C)C2)s1. The van der Waals surface area contributed by atoms with Crippen molar-refractivity contribution in [1.29, 1.82) is 0 Å². The molecule has 6 heteroatoms. The van der Waals surface area contributed by atoms with Gasteiger partial charge < -0.3 is 16.4 Å². The lowest BCUT2D eigenvalue weighted by Gasteiger charge is -2.31. The summed E-state index contributed by atoms with van der Waals surface area (Å²) in [6.07, 6.45) is 3.35. The minimum absolute atomic E-state index is 0.0946. The van der Waals surface area contributed by atoms with Crippen molar-refractivity contribution in [3.8, 4) is 0 Å². The van der Waals surface area contributed by atoms with Gasteiger partial charge in [-0.3, -0.25) is 4.79 Å². The van der Waals surface area contributed by atoms with Crippen molar-refractivity contribution in [1.82, 2.24) is 10.3 Å². The molecule has 1 aromatic rings. The summed E-state index contributed by atoms with van der Waals surface area (Å²) in [5, 5.41) is 6.68. The maximum absolute atomic E-state index is 12.2. The fourth-order valence-corrected chi connectivity index (χ4v) is 3.66. The van der Waals surface area contributed by atoms with Crippen LogP contribution in [0.2, 0.25) is 0 Å². The van der Waals surface area contributed by atoms with Crippen LogP contribution >= 0.6 is 11.3 Å². The van der Waals surface area contributed by atoms with Crippen LogP contribution in [0.5, 0.6) is 0 Å². The van der Waals surface area contributed by atoms with Crippen molar-refractivity contribution in [3.63, 3.8) is 0 Å². The molecule has 0 aliphatic heterocycles. The number of nitrogens with two attached hydrogens (primary N) is 1. The van der Waals surface area contributed by atoms with E-state index in [2.05, 4.69) is 29.5 Å². The van der Waals surface area contributed by atoms with Crippen molar-refractivity contribution in [3.05, 3.63) is 4.88 Å². The number of carbonyl (C=O) groups is 1. The Morgan fingerprint density at radius 2 is 1.95 bits per heavy atom. The van der Waals surface area contributed by atoms with Gasteiger partial charge in [0.1, 0.15) is 10.7 Å². The Kier molecular flexibility index (Phi) is 4.29. The third kappa shape index (κ3) is 3.37. The molecule has 0 bridgehead atoms. The van der Waals surface area contributed by atoms with Crippen molar-refractivity contribution < 1.29 is 4.79 Å². The summed E-state index contributed by atoms with van der Waals surface area (Å²) in [6, 6.07) is 0.255. The van der Waals surface area contributed by atoms with Gasteiger partial charge in [0, 0.05) is 13.1 Å². The first-order valence-corrected chi connectivity index (χ1v) is 7.56. The second kappa shape index (κ2) is 5.77. The molecule has 19 heavy (non-hydrogen) atoms. The van der Waals surface area contributed by atoms with Gasteiger partial charge in [0.05, 0.1) is 0 Å². The summed E-state index contributed by atoms with van der Waals surface area (Å²) in [5.74, 6) is 1.55. The number of nitrogen functional groups attached to an aromatic ring is 1. The second-order valence-electron chi connectivity index (χ2n) is 5.57. The van der Waals surface area contributed by atoms with Gasteiger partial charge in [0.25, 0.3) is 5.91 Å². The molecule has 106 valence electrons. The number of thiazole rings is 1. The smallest absolute Gasteiger partial charge is 0.265 e. The van der Waals surface area contributed by atoms with E-state index in [1.165, 1.54) is 17.8 Å². The van der Waals surface area contributed by atoms with Crippen LogP contribution < -0.4 is 16.4 Å². The number of carbonyl (C=O) groups excluding carboxylic acids is 1. The summed E-state index contributed by atoms with van der Waals surface area (Å²) in [6.45, 7) is 4.49. The standard InChI is InChI=1S/C13H22N4OS/c1-7-4-8(2)6-9(5-7)16-12(18)10-11(14)17-13(15-3)19-10/h7-9H,4-6,14H2,1-3H3,(H,15,17)(H,16,18). The van der Waals surface area contributed by atoms with E-state index < -0.39 is 0 Å². The van der Waals surface area contributed by atoms with Crippen LogP contribution in [0.15, 0.2) is 0 Å². The first-order valence-electron chi connectivity index (χ1n) is 6.74. The number of nitrogens with one attached hydrogen (secondary N) is 2. The molecular formula is C13H22N4OS. The highest BCUT2D eigenvalue weighted by Crippen LogP contribution is 2.30. The molecule has 0 aromatic carbocycles. The highest BCUT2D eigenvalue weighted by atomic mass is 32.1. The predicted molar refractivity (Wildman–Crippen MR) is 79.5 cm³/mol. The first kappa shape index (κ1) is 14.1. The Morgan fingerprint density at radius 3 is 2.47 bits per heavy atom. The van der Waals surface area contributed by atoms with Gasteiger partial charge >= 0.3 is 0 Å². The van der Waals surface area contributed by atoms with Crippen LogP contribution in [-0.4, -0.2) is 24.0 Å². The zero-order valence-electron chi connectivity index (χ0n) is 11.7. The largest absolute Gasteiger partial charge is 0.382 e. The van der Waals surface area contributed by atoms with Crippen LogP contribution in [0.4, 0.5) is 10.9 Å². The molecule has 2 rings (SSSR count). The van der Waals surface area contributed by atoms with E-state index in [-0.39, 0.29) is 11.9 Å². The molecule has 1 aliphatic carbocycles. The summed E-state index contributed by atoms with van der Waals surface area (Å²) < 4.78 is 0. The maximum atomic E-state index is 12.2. The Labute approximate surface area is 118 Å². The van der Waals surface area contributed by atoms with E-state index in [4.69, 9.17) is 5.73 Å². The molecular weight excluding hydrogens is 260 g/mol. The number of hydrogen-bond acceptors (Lipinski definition) is 5. The van der Waals surface area contributed by atoms with Crippen LogP contribution in [-0.2, 0) is 0 Å². The van der Waals surface area contributed by atoms with Crippen molar-refractivity contribution in [2.45, 2.75) is 39.2 Å². The molecule has 0 saturated heterocycles. The molecule has 1 aromatic heterocycles. The monoisotopic (exact) mass is 282 g/mol. The van der Waals surface area contributed by atoms with E-state index in [9.17, 15) is 4.79 Å². The third-order valence-electron chi connectivity index (χ3n) is 3.59. The maximum Gasteiger partial charge on any atom is 0.265 e. The van der Waals surface area contributed by atoms with Crippen molar-refractivity contribution in [2.24, 2.45) is 11.8 Å². The minimum atomic E-state index is -0.0946. The van der Waals surface area contributed by atoms with E-state index >= 15 is 0 Å². The quantitative estimate of drug-likeness (QED) is 0.795. The second-order valence-corrected chi connectivity index (χ2v) is 6.57. The molecule has 1 amide bonds. The van der Waals surface area contributed by atoms with E-state index in [0.29, 0.717) is 27.7 Å². The van der Waals surface area contributed by atoms with Gasteiger partial charge in [0.15, 0.2) is 5.13 Å². The summed E-state index contributed by atoms with van der Waals surface area (Å²) >= 11 is 1.30. The fourth-order valence-electron chi connectivity index (χ4n) is 2.92. The number of amides is 1. The molecule has 4 N–H and O–H groups in total. The third-order valence-corrected chi connectivity index (χ3v) is 4.67. The summed E-state index contributed by atoms with van der Waals surface area (Å²) in [7, 11) is 1.77. The highest BCUT2D eigenvalue weighted by Gasteiger charge is 2.26. The number of nitrogens with zero attached hydrogens (tertiary/aromatic N) is 1. The molecule has 1 saturated carbocycles. The lowest BCUT2D eigenvalue weighted by Crippen LogP contribution is -2.39. The summed E-state index contributed by atoms with van der Waals surface area (Å²) in [4.78, 5) is 16.8. The predicted octanol–water partition coefficient (Wildman–Crippen LogP) is 2.32. The topological polar surface area (TPSA) is 80.0 Å². The zero-order valence-corrected chi connectivity index (χ0v) is 12.5. The number of hydrogen-bond donors (Lipinski definition) is 3. The number of anilines is 2. The van der Waals surface area contributed by atoms with E-state index in [1.54, 1.807) is 7.05 Å². The van der Waals surface area contributed by atoms with Gasteiger partial charge in [-0.25, -0.2) is 4.98 Å². The lowest BCUT2D eigenvalue weighted by atomic mass is 9.80. The van der Waals surface area contributed by atoms with Gasteiger partial charge in [0.2, 0.25) is 0 Å².